The molecule has 0 saturated carbocycles. The van der Waals surface area contributed by atoms with Crippen molar-refractivity contribution in [2.45, 2.75) is 45.1 Å². The van der Waals surface area contributed by atoms with Gasteiger partial charge in [-0.2, -0.15) is 0 Å². The van der Waals surface area contributed by atoms with Gasteiger partial charge in [-0.25, -0.2) is 4.98 Å². The molecule has 0 bridgehead atoms. The minimum Gasteiger partial charge on any atom is -0.393 e. The van der Waals surface area contributed by atoms with Gasteiger partial charge in [0.15, 0.2) is 0 Å². The molecule has 1 aliphatic carbocycles. The molecule has 2 rings (SSSR count). The van der Waals surface area contributed by atoms with Gasteiger partial charge in [0, 0.05) is 12.2 Å². The molecular formula is C13H20N2O. The Morgan fingerprint density at radius 2 is 2.31 bits per heavy atom. The highest BCUT2D eigenvalue weighted by Gasteiger charge is 2.11. The normalized spacial score (nSPS) is 15.9. The van der Waals surface area contributed by atoms with Gasteiger partial charge in [0.25, 0.3) is 0 Å². The molecule has 2 N–H and O–H groups in total. The van der Waals surface area contributed by atoms with E-state index in [0.29, 0.717) is 0 Å². The first-order valence-corrected chi connectivity index (χ1v) is 6.16. The van der Waals surface area contributed by atoms with Crippen LogP contribution in [0.5, 0.6) is 0 Å². The lowest BCUT2D eigenvalue weighted by Crippen LogP contribution is -2.08. The number of aliphatic hydroxyl groups excluding tert-OH is 1. The first-order chi connectivity index (χ1) is 7.75. The zero-order valence-electron chi connectivity index (χ0n) is 9.87. The van der Waals surface area contributed by atoms with E-state index in [4.69, 9.17) is 5.11 Å². The zero-order chi connectivity index (χ0) is 11.4. The Morgan fingerprint density at radius 3 is 3.12 bits per heavy atom. The minimum absolute atomic E-state index is 0.199. The van der Waals surface area contributed by atoms with Gasteiger partial charge in [0.1, 0.15) is 5.82 Å². The maximum atomic E-state index is 9.13. The van der Waals surface area contributed by atoms with Crippen LogP contribution in [0.25, 0.3) is 0 Å². The molecule has 1 aliphatic rings. The summed E-state index contributed by atoms with van der Waals surface area (Å²) in [6.07, 6.45) is 5.18. The van der Waals surface area contributed by atoms with Crippen LogP contribution in [0.2, 0.25) is 0 Å². The summed E-state index contributed by atoms with van der Waals surface area (Å²) < 4.78 is 0. The van der Waals surface area contributed by atoms with E-state index in [1.807, 2.05) is 6.92 Å². The minimum atomic E-state index is -0.199. The number of aromatic nitrogens is 1. The van der Waals surface area contributed by atoms with Crippen molar-refractivity contribution < 1.29 is 5.11 Å². The number of nitrogens with zero attached hydrogens (tertiary/aromatic N) is 1. The summed E-state index contributed by atoms with van der Waals surface area (Å²) in [6, 6.07) is 4.25. The molecule has 0 amide bonds. The maximum absolute atomic E-state index is 9.13. The predicted octanol–water partition coefficient (Wildman–Crippen LogP) is 2.14. The topological polar surface area (TPSA) is 45.1 Å². The van der Waals surface area contributed by atoms with Crippen molar-refractivity contribution in [3.05, 3.63) is 23.4 Å². The number of nitrogens with one attached hydrogen (secondary N) is 1. The fraction of sp³-hybridized carbons (Fsp3) is 0.615. The van der Waals surface area contributed by atoms with Crippen LogP contribution in [0.1, 0.15) is 37.4 Å². The standard InChI is InChI=1S/C13H20N2O/c1-10(16)4-3-9-14-13-8-7-11-5-2-6-12(11)15-13/h7-8,10,16H,2-6,9H2,1H3,(H,14,15). The Labute approximate surface area is 96.9 Å². The summed E-state index contributed by atoms with van der Waals surface area (Å²) in [5.74, 6) is 0.978. The van der Waals surface area contributed by atoms with Crippen molar-refractivity contribution in [1.29, 1.82) is 0 Å². The first-order valence-electron chi connectivity index (χ1n) is 6.16. The molecule has 0 aromatic carbocycles. The number of pyridine rings is 1. The molecule has 0 aliphatic heterocycles. The summed E-state index contributed by atoms with van der Waals surface area (Å²) in [5, 5.41) is 12.4. The van der Waals surface area contributed by atoms with E-state index in [1.54, 1.807) is 0 Å². The third-order valence-electron chi connectivity index (χ3n) is 3.03. The average Bonchev–Trinajstić information content (AvgIpc) is 2.71. The molecule has 88 valence electrons. The number of aliphatic hydroxyl groups is 1. The second-order valence-corrected chi connectivity index (χ2v) is 4.57. The van der Waals surface area contributed by atoms with Gasteiger partial charge < -0.3 is 10.4 Å². The maximum Gasteiger partial charge on any atom is 0.126 e. The molecule has 0 saturated heterocycles. The van der Waals surface area contributed by atoms with Crippen LogP contribution >= 0.6 is 0 Å². The molecule has 0 fully saturated rings. The van der Waals surface area contributed by atoms with Crippen molar-refractivity contribution in [3.8, 4) is 0 Å². The Balaban J connectivity index is 1.81. The van der Waals surface area contributed by atoms with E-state index in [9.17, 15) is 0 Å². The third kappa shape index (κ3) is 2.95. The number of hydrogen-bond acceptors (Lipinski definition) is 3. The van der Waals surface area contributed by atoms with Crippen LogP contribution in [0.4, 0.5) is 5.82 Å². The SMILES string of the molecule is CC(O)CCCNc1ccc2c(n1)CCC2. The van der Waals surface area contributed by atoms with Crippen LogP contribution in [0, 0.1) is 0 Å². The predicted molar refractivity (Wildman–Crippen MR) is 65.7 cm³/mol. The van der Waals surface area contributed by atoms with Gasteiger partial charge >= 0.3 is 0 Å². The smallest absolute Gasteiger partial charge is 0.126 e. The molecule has 3 nitrogen and oxygen atoms in total. The van der Waals surface area contributed by atoms with E-state index < -0.39 is 0 Å². The van der Waals surface area contributed by atoms with E-state index in [2.05, 4.69) is 22.4 Å². The average molecular weight is 220 g/mol. The monoisotopic (exact) mass is 220 g/mol. The van der Waals surface area contributed by atoms with E-state index in [0.717, 1.165) is 31.6 Å². The van der Waals surface area contributed by atoms with Gasteiger partial charge in [-0.1, -0.05) is 6.07 Å². The van der Waals surface area contributed by atoms with Crippen LogP contribution in [0.3, 0.4) is 0 Å². The molecule has 1 aromatic heterocycles. The molecule has 1 atom stereocenters. The Morgan fingerprint density at radius 1 is 1.44 bits per heavy atom. The van der Waals surface area contributed by atoms with Crippen LogP contribution in [-0.2, 0) is 12.8 Å². The van der Waals surface area contributed by atoms with Crippen molar-refractivity contribution in [1.82, 2.24) is 4.98 Å². The third-order valence-corrected chi connectivity index (χ3v) is 3.03. The molecule has 16 heavy (non-hydrogen) atoms. The summed E-state index contributed by atoms with van der Waals surface area (Å²) in [7, 11) is 0. The number of fused-ring (bicyclic) bond motifs is 1. The highest BCUT2D eigenvalue weighted by Crippen LogP contribution is 2.21. The van der Waals surface area contributed by atoms with Crippen LogP contribution in [0.15, 0.2) is 12.1 Å². The lowest BCUT2D eigenvalue weighted by atomic mass is 10.2. The molecule has 0 radical (unpaired) electrons. The molecular weight excluding hydrogens is 200 g/mol. The highest BCUT2D eigenvalue weighted by molar-refractivity contribution is 5.40. The second kappa shape index (κ2) is 5.30. The number of aryl methyl sites for hydroxylation is 2. The summed E-state index contributed by atoms with van der Waals surface area (Å²) in [6.45, 7) is 2.71. The molecule has 0 spiro atoms. The Hall–Kier alpha value is -1.09. The first kappa shape index (κ1) is 11.4. The van der Waals surface area contributed by atoms with Crippen molar-refractivity contribution >= 4 is 5.82 Å². The zero-order valence-corrected chi connectivity index (χ0v) is 9.87. The van der Waals surface area contributed by atoms with Crippen LogP contribution in [-0.4, -0.2) is 22.7 Å². The van der Waals surface area contributed by atoms with Crippen molar-refractivity contribution in [2.75, 3.05) is 11.9 Å². The van der Waals surface area contributed by atoms with Crippen LogP contribution < -0.4 is 5.32 Å². The summed E-state index contributed by atoms with van der Waals surface area (Å²) in [4.78, 5) is 4.60. The largest absolute Gasteiger partial charge is 0.393 e. The lowest BCUT2D eigenvalue weighted by molar-refractivity contribution is 0.183. The fourth-order valence-electron chi connectivity index (χ4n) is 2.13. The van der Waals surface area contributed by atoms with Crippen molar-refractivity contribution in [2.24, 2.45) is 0 Å². The van der Waals surface area contributed by atoms with Gasteiger partial charge in [-0.3, -0.25) is 0 Å². The van der Waals surface area contributed by atoms with Gasteiger partial charge in [-0.05, 0) is 50.7 Å². The molecule has 3 heteroatoms. The quantitative estimate of drug-likeness (QED) is 0.747. The number of hydrogen-bond donors (Lipinski definition) is 2. The van der Waals surface area contributed by atoms with E-state index >= 15 is 0 Å². The van der Waals surface area contributed by atoms with Gasteiger partial charge in [-0.15, -0.1) is 0 Å². The summed E-state index contributed by atoms with van der Waals surface area (Å²) in [5.41, 5.74) is 2.68. The molecule has 1 unspecified atom stereocenters. The van der Waals surface area contributed by atoms with Gasteiger partial charge in [0.05, 0.1) is 6.10 Å². The van der Waals surface area contributed by atoms with Gasteiger partial charge in [0.2, 0.25) is 0 Å². The second-order valence-electron chi connectivity index (χ2n) is 4.57. The summed E-state index contributed by atoms with van der Waals surface area (Å²) >= 11 is 0. The molecule has 1 aromatic rings. The van der Waals surface area contributed by atoms with Crippen molar-refractivity contribution in [3.63, 3.8) is 0 Å². The lowest BCUT2D eigenvalue weighted by Gasteiger charge is -2.08. The number of anilines is 1. The van der Waals surface area contributed by atoms with E-state index in [1.165, 1.54) is 24.1 Å². The van der Waals surface area contributed by atoms with E-state index in [-0.39, 0.29) is 6.10 Å². The highest BCUT2D eigenvalue weighted by atomic mass is 16.3. The Kier molecular flexibility index (Phi) is 3.78. The fourth-order valence-corrected chi connectivity index (χ4v) is 2.13. The number of rotatable bonds is 5. The Bertz CT molecular complexity index is 350. The molecule has 1 heterocycles.